The van der Waals surface area contributed by atoms with Gasteiger partial charge in [-0.2, -0.15) is 5.10 Å². The van der Waals surface area contributed by atoms with Crippen LogP contribution in [0.15, 0.2) is 18.3 Å². The molecule has 0 atom stereocenters. The molecule has 0 aliphatic heterocycles. The predicted octanol–water partition coefficient (Wildman–Crippen LogP) is 3.25. The number of fused-ring (bicyclic) bond motifs is 1. The molecule has 15 heavy (non-hydrogen) atoms. The molecule has 2 aromatic heterocycles. The predicted molar refractivity (Wildman–Crippen MR) is 63.4 cm³/mol. The number of hydrogen-bond donors (Lipinski definition) is 0. The van der Waals surface area contributed by atoms with Gasteiger partial charge >= 0.3 is 0 Å². The zero-order valence-corrected chi connectivity index (χ0v) is 10.1. The van der Waals surface area contributed by atoms with Gasteiger partial charge in [0.1, 0.15) is 0 Å². The van der Waals surface area contributed by atoms with Crippen molar-refractivity contribution >= 4 is 5.52 Å². The summed E-state index contributed by atoms with van der Waals surface area (Å²) >= 11 is 0. The van der Waals surface area contributed by atoms with E-state index in [1.54, 1.807) is 0 Å². The van der Waals surface area contributed by atoms with E-state index in [1.807, 2.05) is 6.20 Å². The van der Waals surface area contributed by atoms with Crippen molar-refractivity contribution in [2.45, 2.75) is 40.0 Å². The first-order valence-corrected chi connectivity index (χ1v) is 5.35. The summed E-state index contributed by atoms with van der Waals surface area (Å²) in [4.78, 5) is 0. The second-order valence-corrected chi connectivity index (χ2v) is 5.30. The van der Waals surface area contributed by atoms with Gasteiger partial charge in [-0.1, -0.05) is 20.8 Å². The van der Waals surface area contributed by atoms with E-state index in [4.69, 9.17) is 0 Å². The van der Waals surface area contributed by atoms with E-state index in [-0.39, 0.29) is 5.41 Å². The van der Waals surface area contributed by atoms with Crippen LogP contribution in [0.4, 0.5) is 0 Å². The summed E-state index contributed by atoms with van der Waals surface area (Å²) < 4.78 is 2.06. The van der Waals surface area contributed by atoms with E-state index in [0.29, 0.717) is 0 Å². The molecule has 0 fully saturated rings. The Balaban J connectivity index is 2.80. The molecule has 80 valence electrons. The van der Waals surface area contributed by atoms with E-state index in [0.717, 1.165) is 0 Å². The van der Waals surface area contributed by atoms with Gasteiger partial charge in [0.2, 0.25) is 0 Å². The molecule has 2 rings (SSSR count). The Morgan fingerprint density at radius 1 is 1.13 bits per heavy atom. The first kappa shape index (κ1) is 10.2. The van der Waals surface area contributed by atoms with Crippen LogP contribution in [-0.4, -0.2) is 9.61 Å². The maximum Gasteiger partial charge on any atom is 0.0655 e. The quantitative estimate of drug-likeness (QED) is 0.641. The number of aromatic nitrogens is 2. The Labute approximate surface area is 90.9 Å². The third kappa shape index (κ3) is 1.65. The van der Waals surface area contributed by atoms with Gasteiger partial charge in [-0.05, 0) is 37.1 Å². The lowest BCUT2D eigenvalue weighted by Crippen LogP contribution is -2.16. The molecule has 0 bridgehead atoms. The van der Waals surface area contributed by atoms with Crippen molar-refractivity contribution in [2.24, 2.45) is 0 Å². The average Bonchev–Trinajstić information content (AvgIpc) is 2.38. The normalized spacial score (nSPS) is 12.3. The third-order valence-electron chi connectivity index (χ3n) is 2.66. The van der Waals surface area contributed by atoms with Gasteiger partial charge in [0, 0.05) is 5.41 Å². The molecule has 2 heteroatoms. The Bertz CT molecular complexity index is 501. The van der Waals surface area contributed by atoms with Crippen molar-refractivity contribution in [2.75, 3.05) is 0 Å². The van der Waals surface area contributed by atoms with Crippen molar-refractivity contribution in [3.05, 3.63) is 35.2 Å². The van der Waals surface area contributed by atoms with Crippen molar-refractivity contribution in [3.8, 4) is 0 Å². The molecule has 0 aliphatic carbocycles. The molecule has 0 unspecified atom stereocenters. The average molecular weight is 202 g/mol. The van der Waals surface area contributed by atoms with Crippen molar-refractivity contribution in [1.29, 1.82) is 0 Å². The largest absolute Gasteiger partial charge is 0.237 e. The van der Waals surface area contributed by atoms with Gasteiger partial charge < -0.3 is 0 Å². The van der Waals surface area contributed by atoms with Crippen LogP contribution in [0, 0.1) is 13.8 Å². The third-order valence-corrected chi connectivity index (χ3v) is 2.66. The molecule has 2 heterocycles. The molecule has 0 aliphatic rings. The first-order chi connectivity index (χ1) is 6.89. The first-order valence-electron chi connectivity index (χ1n) is 5.35. The van der Waals surface area contributed by atoms with Crippen LogP contribution in [0.3, 0.4) is 0 Å². The molecule has 0 amide bonds. The highest BCUT2D eigenvalue weighted by atomic mass is 15.2. The minimum atomic E-state index is 0.138. The van der Waals surface area contributed by atoms with Gasteiger partial charge in [0.25, 0.3) is 0 Å². The number of nitrogens with zero attached hydrogens (tertiary/aromatic N) is 2. The molecule has 0 N–H and O–H groups in total. The highest BCUT2D eigenvalue weighted by Crippen LogP contribution is 2.27. The lowest BCUT2D eigenvalue weighted by Gasteiger charge is -2.19. The van der Waals surface area contributed by atoms with Crippen LogP contribution in [0.2, 0.25) is 0 Å². The summed E-state index contributed by atoms with van der Waals surface area (Å²) in [7, 11) is 0. The lowest BCUT2D eigenvalue weighted by molar-refractivity contribution is 0.547. The molecule has 0 saturated carbocycles. The number of rotatable bonds is 0. The van der Waals surface area contributed by atoms with E-state index in [9.17, 15) is 0 Å². The topological polar surface area (TPSA) is 17.3 Å². The molecular weight excluding hydrogens is 184 g/mol. The highest BCUT2D eigenvalue weighted by molar-refractivity contribution is 5.54. The van der Waals surface area contributed by atoms with Gasteiger partial charge in [0.15, 0.2) is 0 Å². The summed E-state index contributed by atoms with van der Waals surface area (Å²) in [5.41, 5.74) is 5.16. The van der Waals surface area contributed by atoms with Crippen molar-refractivity contribution in [3.63, 3.8) is 0 Å². The second kappa shape index (κ2) is 3.09. The number of aryl methyl sites for hydroxylation is 2. The van der Waals surface area contributed by atoms with Crippen LogP contribution in [0.5, 0.6) is 0 Å². The van der Waals surface area contributed by atoms with Crippen LogP contribution in [0.1, 0.15) is 37.6 Å². The SMILES string of the molecule is Cc1cnn2c(C(C)(C)C)c(C)cc2c1. The zero-order chi connectivity index (χ0) is 11.2. The summed E-state index contributed by atoms with van der Waals surface area (Å²) in [6, 6.07) is 4.38. The van der Waals surface area contributed by atoms with Gasteiger partial charge in [-0.25, -0.2) is 4.52 Å². The fraction of sp³-hybridized carbons (Fsp3) is 0.462. The van der Waals surface area contributed by atoms with E-state index in [2.05, 4.69) is 56.4 Å². The monoisotopic (exact) mass is 202 g/mol. The van der Waals surface area contributed by atoms with Crippen LogP contribution < -0.4 is 0 Å². The van der Waals surface area contributed by atoms with Crippen LogP contribution in [-0.2, 0) is 5.41 Å². The van der Waals surface area contributed by atoms with Gasteiger partial charge in [0.05, 0.1) is 17.4 Å². The van der Waals surface area contributed by atoms with Crippen molar-refractivity contribution in [1.82, 2.24) is 9.61 Å². The fourth-order valence-corrected chi connectivity index (χ4v) is 2.20. The maximum atomic E-state index is 4.48. The Morgan fingerprint density at radius 3 is 2.40 bits per heavy atom. The molecule has 0 aromatic carbocycles. The van der Waals surface area contributed by atoms with E-state index < -0.39 is 0 Å². The molecule has 0 saturated heterocycles. The molecular formula is C13H18N2. The lowest BCUT2D eigenvalue weighted by atomic mass is 9.90. The smallest absolute Gasteiger partial charge is 0.0655 e. The molecule has 0 spiro atoms. The molecule has 2 aromatic rings. The summed E-state index contributed by atoms with van der Waals surface area (Å²) in [5.74, 6) is 0. The summed E-state index contributed by atoms with van der Waals surface area (Å²) in [6.07, 6.45) is 1.92. The maximum absolute atomic E-state index is 4.48. The molecule has 2 nitrogen and oxygen atoms in total. The zero-order valence-electron chi connectivity index (χ0n) is 10.1. The van der Waals surface area contributed by atoms with Crippen LogP contribution in [0.25, 0.3) is 5.52 Å². The summed E-state index contributed by atoms with van der Waals surface area (Å²) in [5, 5.41) is 4.48. The minimum absolute atomic E-state index is 0.138. The van der Waals surface area contributed by atoms with E-state index >= 15 is 0 Å². The summed E-state index contributed by atoms with van der Waals surface area (Å²) in [6.45, 7) is 10.9. The molecule has 0 radical (unpaired) electrons. The minimum Gasteiger partial charge on any atom is -0.237 e. The van der Waals surface area contributed by atoms with E-state index in [1.165, 1.54) is 22.3 Å². The highest BCUT2D eigenvalue weighted by Gasteiger charge is 2.21. The Kier molecular flexibility index (Phi) is 2.10. The number of hydrogen-bond acceptors (Lipinski definition) is 1. The van der Waals surface area contributed by atoms with Gasteiger partial charge in [-0.15, -0.1) is 0 Å². The Morgan fingerprint density at radius 2 is 1.80 bits per heavy atom. The Hall–Kier alpha value is -1.31. The van der Waals surface area contributed by atoms with Crippen molar-refractivity contribution < 1.29 is 0 Å². The fourth-order valence-electron chi connectivity index (χ4n) is 2.20. The standard InChI is InChI=1S/C13H18N2/c1-9-6-11-7-10(2)12(13(3,4)5)15(11)14-8-9/h6-8H,1-5H3. The van der Waals surface area contributed by atoms with Gasteiger partial charge in [-0.3, -0.25) is 0 Å². The van der Waals surface area contributed by atoms with Crippen LogP contribution >= 0.6 is 0 Å². The second-order valence-electron chi connectivity index (χ2n) is 5.30.